The van der Waals surface area contributed by atoms with Gasteiger partial charge in [-0.05, 0) is 35.6 Å². The summed E-state index contributed by atoms with van der Waals surface area (Å²) in [5.41, 5.74) is 4.29. The number of piperazine rings is 1. The Balaban J connectivity index is 1.31. The molecule has 2 aromatic rings. The summed E-state index contributed by atoms with van der Waals surface area (Å²) < 4.78 is 0. The highest BCUT2D eigenvalue weighted by Crippen LogP contribution is 2.33. The Morgan fingerprint density at radius 3 is 2.38 bits per heavy atom. The van der Waals surface area contributed by atoms with Gasteiger partial charge in [-0.25, -0.2) is 0 Å². The summed E-state index contributed by atoms with van der Waals surface area (Å²) >= 11 is 0. The normalized spacial score (nSPS) is 18.4. The molecule has 4 rings (SSSR count). The summed E-state index contributed by atoms with van der Waals surface area (Å²) in [6, 6.07) is 15.8. The molecule has 1 fully saturated rings. The van der Waals surface area contributed by atoms with Crippen LogP contribution in [0.1, 0.15) is 43.0 Å². The van der Waals surface area contributed by atoms with Crippen LogP contribution in [0.4, 0.5) is 5.69 Å². The third-order valence-corrected chi connectivity index (χ3v) is 6.95. The molecular weight excluding hydrogens is 428 g/mol. The van der Waals surface area contributed by atoms with Gasteiger partial charge in [-0.3, -0.25) is 19.3 Å². The van der Waals surface area contributed by atoms with E-state index >= 15 is 0 Å². The predicted molar refractivity (Wildman–Crippen MR) is 132 cm³/mol. The monoisotopic (exact) mass is 462 g/mol. The second-order valence-corrected chi connectivity index (χ2v) is 9.10. The minimum absolute atomic E-state index is 0.00720. The van der Waals surface area contributed by atoms with Gasteiger partial charge in [-0.15, -0.1) is 0 Å². The quantitative estimate of drug-likeness (QED) is 0.717. The van der Waals surface area contributed by atoms with Crippen molar-refractivity contribution in [1.29, 1.82) is 0 Å². The average molecular weight is 463 g/mol. The van der Waals surface area contributed by atoms with E-state index in [9.17, 15) is 14.4 Å². The van der Waals surface area contributed by atoms with Crippen molar-refractivity contribution in [2.24, 2.45) is 0 Å². The van der Waals surface area contributed by atoms with Crippen LogP contribution in [-0.2, 0) is 27.2 Å². The van der Waals surface area contributed by atoms with Crippen molar-refractivity contribution in [3.05, 3.63) is 65.2 Å². The minimum atomic E-state index is -0.211. The lowest BCUT2D eigenvalue weighted by atomic mass is 9.90. The average Bonchev–Trinajstić information content (AvgIpc) is 2.84. The first-order chi connectivity index (χ1) is 16.5. The lowest BCUT2D eigenvalue weighted by Crippen LogP contribution is -2.51. The molecule has 7 heteroatoms. The fourth-order valence-corrected chi connectivity index (χ4v) is 5.04. The number of nitrogens with one attached hydrogen (secondary N) is 1. The van der Waals surface area contributed by atoms with Crippen LogP contribution in [0.2, 0.25) is 0 Å². The van der Waals surface area contributed by atoms with Crippen LogP contribution >= 0.6 is 0 Å². The number of anilines is 1. The Labute approximate surface area is 201 Å². The Hall–Kier alpha value is -3.19. The van der Waals surface area contributed by atoms with Crippen molar-refractivity contribution in [2.75, 3.05) is 44.6 Å². The van der Waals surface area contributed by atoms with Crippen LogP contribution in [0.25, 0.3) is 0 Å². The number of carbonyl (C=O) groups excluding carboxylic acids is 3. The SMILES string of the molecule is CCc1ccccc1NC(=O)CN1CCN(C(=O)CC2c3ccccc3CCN2C(C)=O)CC1. The maximum Gasteiger partial charge on any atom is 0.238 e. The first kappa shape index (κ1) is 24.0. The molecule has 0 radical (unpaired) electrons. The molecule has 1 saturated heterocycles. The van der Waals surface area contributed by atoms with Gasteiger partial charge >= 0.3 is 0 Å². The summed E-state index contributed by atoms with van der Waals surface area (Å²) in [4.78, 5) is 43.8. The number of fused-ring (bicyclic) bond motifs is 1. The van der Waals surface area contributed by atoms with Crippen molar-refractivity contribution < 1.29 is 14.4 Å². The van der Waals surface area contributed by atoms with Crippen LogP contribution in [0.5, 0.6) is 0 Å². The molecule has 1 unspecified atom stereocenters. The van der Waals surface area contributed by atoms with Gasteiger partial charge in [0, 0.05) is 45.3 Å². The molecule has 3 amide bonds. The Bertz CT molecular complexity index is 1050. The van der Waals surface area contributed by atoms with Crippen LogP contribution in [-0.4, -0.2) is 71.7 Å². The number of carbonyl (C=O) groups is 3. The first-order valence-corrected chi connectivity index (χ1v) is 12.2. The van der Waals surface area contributed by atoms with Crippen molar-refractivity contribution in [3.8, 4) is 0 Å². The maximum absolute atomic E-state index is 13.2. The molecule has 2 aliphatic rings. The fraction of sp³-hybridized carbons (Fsp3) is 0.444. The molecular formula is C27H34N4O3. The number of hydrogen-bond acceptors (Lipinski definition) is 4. The van der Waals surface area contributed by atoms with E-state index in [0.717, 1.165) is 29.7 Å². The smallest absolute Gasteiger partial charge is 0.238 e. The Morgan fingerprint density at radius 1 is 0.941 bits per heavy atom. The van der Waals surface area contributed by atoms with Crippen molar-refractivity contribution in [2.45, 2.75) is 39.2 Å². The number of aryl methyl sites for hydroxylation is 1. The van der Waals surface area contributed by atoms with E-state index in [1.165, 1.54) is 5.56 Å². The zero-order valence-corrected chi connectivity index (χ0v) is 20.1. The van der Waals surface area contributed by atoms with E-state index < -0.39 is 0 Å². The van der Waals surface area contributed by atoms with Gasteiger partial charge in [0.2, 0.25) is 17.7 Å². The van der Waals surface area contributed by atoms with Crippen LogP contribution in [0, 0.1) is 0 Å². The summed E-state index contributed by atoms with van der Waals surface area (Å²) in [5.74, 6) is 0.0401. The second-order valence-electron chi connectivity index (χ2n) is 9.10. The number of benzene rings is 2. The maximum atomic E-state index is 13.2. The lowest BCUT2D eigenvalue weighted by Gasteiger charge is -2.39. The molecule has 7 nitrogen and oxygen atoms in total. The van der Waals surface area contributed by atoms with Gasteiger partial charge in [-0.2, -0.15) is 0 Å². The molecule has 0 bridgehead atoms. The third-order valence-electron chi connectivity index (χ3n) is 6.95. The molecule has 2 aliphatic heterocycles. The van der Waals surface area contributed by atoms with Crippen LogP contribution in [0.15, 0.2) is 48.5 Å². The van der Waals surface area contributed by atoms with Gasteiger partial charge in [0.25, 0.3) is 0 Å². The first-order valence-electron chi connectivity index (χ1n) is 12.2. The van der Waals surface area contributed by atoms with E-state index in [-0.39, 0.29) is 23.8 Å². The van der Waals surface area contributed by atoms with Crippen molar-refractivity contribution in [1.82, 2.24) is 14.7 Å². The van der Waals surface area contributed by atoms with Crippen molar-refractivity contribution >= 4 is 23.4 Å². The zero-order chi connectivity index (χ0) is 24.1. The van der Waals surface area contributed by atoms with Gasteiger partial charge in [-0.1, -0.05) is 49.4 Å². The van der Waals surface area contributed by atoms with E-state index in [4.69, 9.17) is 0 Å². The second kappa shape index (κ2) is 10.8. The molecule has 0 aromatic heterocycles. The third kappa shape index (κ3) is 5.47. The topological polar surface area (TPSA) is 73.0 Å². The fourth-order valence-electron chi connectivity index (χ4n) is 5.04. The molecule has 1 atom stereocenters. The molecule has 2 aromatic carbocycles. The highest BCUT2D eigenvalue weighted by molar-refractivity contribution is 5.93. The molecule has 0 aliphatic carbocycles. The minimum Gasteiger partial charge on any atom is -0.340 e. The Morgan fingerprint density at radius 2 is 1.65 bits per heavy atom. The Kier molecular flexibility index (Phi) is 7.63. The molecule has 34 heavy (non-hydrogen) atoms. The number of rotatable bonds is 6. The van der Waals surface area contributed by atoms with Crippen LogP contribution in [0.3, 0.4) is 0 Å². The molecule has 1 N–H and O–H groups in total. The van der Waals surface area contributed by atoms with Crippen molar-refractivity contribution in [3.63, 3.8) is 0 Å². The number of para-hydroxylation sites is 1. The standard InChI is InChI=1S/C27H34N4O3/c1-3-21-8-5-7-11-24(21)28-26(33)19-29-14-16-30(17-15-29)27(34)18-25-23-10-6-4-9-22(23)12-13-31(25)20(2)32/h4-11,25H,3,12-19H2,1-2H3,(H,28,33). The summed E-state index contributed by atoms with van der Waals surface area (Å²) in [6.45, 7) is 7.11. The highest BCUT2D eigenvalue weighted by atomic mass is 16.2. The van der Waals surface area contributed by atoms with E-state index in [1.54, 1.807) is 6.92 Å². The molecule has 2 heterocycles. The number of nitrogens with zero attached hydrogens (tertiary/aromatic N) is 3. The number of hydrogen-bond donors (Lipinski definition) is 1. The van der Waals surface area contributed by atoms with Gasteiger partial charge < -0.3 is 15.1 Å². The number of amides is 3. The zero-order valence-electron chi connectivity index (χ0n) is 20.1. The van der Waals surface area contributed by atoms with E-state index in [1.807, 2.05) is 52.3 Å². The van der Waals surface area contributed by atoms with Gasteiger partial charge in [0.15, 0.2) is 0 Å². The molecule has 0 saturated carbocycles. The van der Waals surface area contributed by atoms with E-state index in [0.29, 0.717) is 45.7 Å². The summed E-state index contributed by atoms with van der Waals surface area (Å²) in [7, 11) is 0. The van der Waals surface area contributed by atoms with E-state index in [2.05, 4.69) is 23.2 Å². The predicted octanol–water partition coefficient (Wildman–Crippen LogP) is 2.87. The molecule has 0 spiro atoms. The summed E-state index contributed by atoms with van der Waals surface area (Å²) in [5, 5.41) is 3.02. The summed E-state index contributed by atoms with van der Waals surface area (Å²) in [6.07, 6.45) is 1.98. The largest absolute Gasteiger partial charge is 0.340 e. The van der Waals surface area contributed by atoms with Gasteiger partial charge in [0.05, 0.1) is 19.0 Å². The van der Waals surface area contributed by atoms with Gasteiger partial charge in [0.1, 0.15) is 0 Å². The van der Waals surface area contributed by atoms with Crippen LogP contribution < -0.4 is 5.32 Å². The highest BCUT2D eigenvalue weighted by Gasteiger charge is 2.32. The molecule has 180 valence electrons. The lowest BCUT2D eigenvalue weighted by molar-refractivity contribution is -0.137.